The second kappa shape index (κ2) is 5.70. The van der Waals surface area contributed by atoms with E-state index in [2.05, 4.69) is 24.8 Å². The number of thioether (sulfide) groups is 1. The van der Waals surface area contributed by atoms with Gasteiger partial charge in [-0.05, 0) is 48.3 Å². The second-order valence-electron chi connectivity index (χ2n) is 4.61. The minimum absolute atomic E-state index is 0.480. The SMILES string of the molecule is SCC1(CSc2ccc(Cl)cc2)CCCC1. The van der Waals surface area contributed by atoms with Crippen LogP contribution in [0.2, 0.25) is 5.02 Å². The molecule has 0 aliphatic heterocycles. The van der Waals surface area contributed by atoms with Crippen LogP contribution in [-0.4, -0.2) is 11.5 Å². The molecule has 0 saturated heterocycles. The van der Waals surface area contributed by atoms with E-state index in [1.165, 1.54) is 36.3 Å². The fourth-order valence-corrected chi connectivity index (χ4v) is 4.14. The third-order valence-corrected chi connectivity index (χ3v) is 5.64. The molecule has 0 nitrogen and oxygen atoms in total. The molecule has 0 heterocycles. The predicted molar refractivity (Wildman–Crippen MR) is 76.9 cm³/mol. The van der Waals surface area contributed by atoms with Gasteiger partial charge in [0.1, 0.15) is 0 Å². The summed E-state index contributed by atoms with van der Waals surface area (Å²) in [6.07, 6.45) is 5.44. The zero-order valence-corrected chi connectivity index (χ0v) is 11.8. The molecule has 3 heteroatoms. The van der Waals surface area contributed by atoms with Gasteiger partial charge in [0.2, 0.25) is 0 Å². The summed E-state index contributed by atoms with van der Waals surface area (Å²) in [5, 5.41) is 0.814. The fourth-order valence-electron chi connectivity index (χ4n) is 2.24. The molecule has 1 fully saturated rings. The summed E-state index contributed by atoms with van der Waals surface area (Å²) in [6, 6.07) is 8.14. The molecule has 0 aromatic heterocycles. The molecule has 88 valence electrons. The molecule has 0 atom stereocenters. The molecular weight excluding hydrogens is 256 g/mol. The summed E-state index contributed by atoms with van der Waals surface area (Å²) in [6.45, 7) is 0. The molecule has 1 saturated carbocycles. The lowest BCUT2D eigenvalue weighted by atomic mass is 9.91. The van der Waals surface area contributed by atoms with Gasteiger partial charge in [0.25, 0.3) is 0 Å². The molecule has 2 rings (SSSR count). The molecule has 1 aromatic rings. The van der Waals surface area contributed by atoms with Crippen LogP contribution in [0.4, 0.5) is 0 Å². The Balaban J connectivity index is 1.93. The third kappa shape index (κ3) is 3.12. The lowest BCUT2D eigenvalue weighted by Gasteiger charge is -2.26. The number of rotatable bonds is 4. The standard InChI is InChI=1S/C13H17ClS2/c14-11-3-5-12(6-4-11)16-10-13(9-15)7-1-2-8-13/h3-6,15H,1-2,7-10H2. The zero-order chi connectivity index (χ0) is 11.4. The second-order valence-corrected chi connectivity index (χ2v) is 6.41. The first kappa shape index (κ1) is 12.7. The molecule has 0 N–H and O–H groups in total. The fraction of sp³-hybridized carbons (Fsp3) is 0.538. The maximum Gasteiger partial charge on any atom is 0.0406 e. The van der Waals surface area contributed by atoms with Gasteiger partial charge in [-0.1, -0.05) is 24.4 Å². The van der Waals surface area contributed by atoms with Crippen molar-refractivity contribution < 1.29 is 0 Å². The van der Waals surface area contributed by atoms with Gasteiger partial charge in [-0.3, -0.25) is 0 Å². The average molecular weight is 273 g/mol. The van der Waals surface area contributed by atoms with Crippen molar-refractivity contribution in [2.75, 3.05) is 11.5 Å². The molecule has 0 bridgehead atoms. The Bertz CT molecular complexity index is 328. The van der Waals surface area contributed by atoms with Gasteiger partial charge in [0.15, 0.2) is 0 Å². The van der Waals surface area contributed by atoms with Crippen molar-refractivity contribution in [3.63, 3.8) is 0 Å². The number of halogens is 1. The highest BCUT2D eigenvalue weighted by Crippen LogP contribution is 2.42. The first-order valence-electron chi connectivity index (χ1n) is 5.73. The van der Waals surface area contributed by atoms with E-state index in [0.717, 1.165) is 10.8 Å². The van der Waals surface area contributed by atoms with Crippen molar-refractivity contribution in [2.45, 2.75) is 30.6 Å². The normalized spacial score (nSPS) is 18.9. The quantitative estimate of drug-likeness (QED) is 0.599. The monoisotopic (exact) mass is 272 g/mol. The Morgan fingerprint density at radius 2 is 1.81 bits per heavy atom. The largest absolute Gasteiger partial charge is 0.179 e. The maximum absolute atomic E-state index is 5.87. The van der Waals surface area contributed by atoms with E-state index >= 15 is 0 Å². The van der Waals surface area contributed by atoms with E-state index in [1.807, 2.05) is 23.9 Å². The number of hydrogen-bond donors (Lipinski definition) is 1. The Morgan fingerprint density at radius 1 is 1.19 bits per heavy atom. The first-order chi connectivity index (χ1) is 7.74. The van der Waals surface area contributed by atoms with Crippen molar-refractivity contribution in [1.29, 1.82) is 0 Å². The highest BCUT2D eigenvalue weighted by Gasteiger charge is 2.32. The zero-order valence-electron chi connectivity index (χ0n) is 9.29. The Morgan fingerprint density at radius 3 is 2.38 bits per heavy atom. The summed E-state index contributed by atoms with van der Waals surface area (Å²) in [5.41, 5.74) is 0.480. The number of hydrogen-bond acceptors (Lipinski definition) is 2. The Hall–Kier alpha value is 0.210. The summed E-state index contributed by atoms with van der Waals surface area (Å²) in [5.74, 6) is 2.21. The average Bonchev–Trinajstić information content (AvgIpc) is 2.78. The van der Waals surface area contributed by atoms with Crippen LogP contribution in [0.1, 0.15) is 25.7 Å². The van der Waals surface area contributed by atoms with Crippen molar-refractivity contribution >= 4 is 36.0 Å². The summed E-state index contributed by atoms with van der Waals surface area (Å²) < 4.78 is 0. The molecule has 0 spiro atoms. The maximum atomic E-state index is 5.87. The van der Waals surface area contributed by atoms with E-state index in [1.54, 1.807) is 0 Å². The molecule has 16 heavy (non-hydrogen) atoms. The highest BCUT2D eigenvalue weighted by molar-refractivity contribution is 7.99. The minimum atomic E-state index is 0.480. The topological polar surface area (TPSA) is 0 Å². The van der Waals surface area contributed by atoms with Crippen molar-refractivity contribution in [3.05, 3.63) is 29.3 Å². The van der Waals surface area contributed by atoms with Crippen LogP contribution >= 0.6 is 36.0 Å². The molecule has 1 aliphatic carbocycles. The van der Waals surface area contributed by atoms with Crippen LogP contribution < -0.4 is 0 Å². The van der Waals surface area contributed by atoms with Gasteiger partial charge < -0.3 is 0 Å². The van der Waals surface area contributed by atoms with Crippen LogP contribution in [0, 0.1) is 5.41 Å². The van der Waals surface area contributed by atoms with Gasteiger partial charge in [-0.2, -0.15) is 12.6 Å². The summed E-state index contributed by atoms with van der Waals surface area (Å²) in [4.78, 5) is 1.32. The Labute approximate surface area is 113 Å². The van der Waals surface area contributed by atoms with Crippen molar-refractivity contribution in [2.24, 2.45) is 5.41 Å². The van der Waals surface area contributed by atoms with Crippen LogP contribution in [0.5, 0.6) is 0 Å². The van der Waals surface area contributed by atoms with E-state index in [-0.39, 0.29) is 0 Å². The van der Waals surface area contributed by atoms with E-state index in [0.29, 0.717) is 5.41 Å². The lowest BCUT2D eigenvalue weighted by molar-refractivity contribution is 0.403. The van der Waals surface area contributed by atoms with Gasteiger partial charge >= 0.3 is 0 Å². The van der Waals surface area contributed by atoms with Crippen LogP contribution in [0.15, 0.2) is 29.2 Å². The molecule has 0 amide bonds. The van der Waals surface area contributed by atoms with Crippen LogP contribution in [-0.2, 0) is 0 Å². The lowest BCUT2D eigenvalue weighted by Crippen LogP contribution is -2.21. The van der Waals surface area contributed by atoms with Gasteiger partial charge in [0, 0.05) is 15.7 Å². The van der Waals surface area contributed by atoms with Gasteiger partial charge in [0.05, 0.1) is 0 Å². The minimum Gasteiger partial charge on any atom is -0.179 e. The predicted octanol–water partition coefficient (Wildman–Crippen LogP) is 4.92. The third-order valence-electron chi connectivity index (χ3n) is 3.36. The first-order valence-corrected chi connectivity index (χ1v) is 7.73. The molecule has 1 aromatic carbocycles. The van der Waals surface area contributed by atoms with Gasteiger partial charge in [-0.15, -0.1) is 11.8 Å². The Kier molecular flexibility index (Phi) is 4.51. The van der Waals surface area contributed by atoms with E-state index < -0.39 is 0 Å². The molecule has 0 radical (unpaired) electrons. The van der Waals surface area contributed by atoms with Crippen LogP contribution in [0.3, 0.4) is 0 Å². The number of benzene rings is 1. The van der Waals surface area contributed by atoms with Gasteiger partial charge in [-0.25, -0.2) is 0 Å². The highest BCUT2D eigenvalue weighted by atomic mass is 35.5. The van der Waals surface area contributed by atoms with E-state index in [9.17, 15) is 0 Å². The molecular formula is C13H17ClS2. The van der Waals surface area contributed by atoms with E-state index in [4.69, 9.17) is 11.6 Å². The summed E-state index contributed by atoms with van der Waals surface area (Å²) in [7, 11) is 0. The summed E-state index contributed by atoms with van der Waals surface area (Å²) >= 11 is 12.3. The van der Waals surface area contributed by atoms with Crippen molar-refractivity contribution in [3.8, 4) is 0 Å². The van der Waals surface area contributed by atoms with Crippen LogP contribution in [0.25, 0.3) is 0 Å². The molecule has 1 aliphatic rings. The number of thiol groups is 1. The smallest absolute Gasteiger partial charge is 0.0406 e. The molecule has 0 unspecified atom stereocenters. The van der Waals surface area contributed by atoms with Crippen molar-refractivity contribution in [1.82, 2.24) is 0 Å².